The molecule has 36 heavy (non-hydrogen) atoms. The van der Waals surface area contributed by atoms with E-state index in [9.17, 15) is 18.0 Å². The molecule has 2 N–H and O–H groups in total. The highest BCUT2D eigenvalue weighted by Crippen LogP contribution is 2.61. The highest BCUT2D eigenvalue weighted by molar-refractivity contribution is 7.89. The molecule has 0 aliphatic heterocycles. The van der Waals surface area contributed by atoms with E-state index in [4.69, 9.17) is 10.00 Å². The highest BCUT2D eigenvalue weighted by Gasteiger charge is 2.53. The van der Waals surface area contributed by atoms with Gasteiger partial charge in [0, 0.05) is 6.04 Å². The number of carbonyl (C=O) groups excluding carboxylic acids is 2. The molecule has 2 aromatic rings. The van der Waals surface area contributed by atoms with Gasteiger partial charge in [-0.25, -0.2) is 17.9 Å². The number of sulfonamides is 1. The van der Waals surface area contributed by atoms with Crippen molar-refractivity contribution in [2.24, 2.45) is 23.2 Å². The van der Waals surface area contributed by atoms with E-state index in [1.807, 2.05) is 13.0 Å². The number of rotatable bonds is 8. The lowest BCUT2D eigenvalue weighted by Gasteiger charge is -2.59. The van der Waals surface area contributed by atoms with Crippen LogP contribution < -0.4 is 10.0 Å². The lowest BCUT2D eigenvalue weighted by molar-refractivity contribution is -0.119. The summed E-state index contributed by atoms with van der Waals surface area (Å²) in [7, 11) is -3.85. The zero-order valence-electron chi connectivity index (χ0n) is 20.0. The van der Waals surface area contributed by atoms with Crippen LogP contribution in [-0.2, 0) is 19.6 Å². The van der Waals surface area contributed by atoms with Crippen LogP contribution in [0.1, 0.15) is 61.4 Å². The Morgan fingerprint density at radius 1 is 1.17 bits per heavy atom. The summed E-state index contributed by atoms with van der Waals surface area (Å²) in [6.07, 6.45) is 7.10. The summed E-state index contributed by atoms with van der Waals surface area (Å²) in [5.74, 6) is 0.750. The van der Waals surface area contributed by atoms with Crippen molar-refractivity contribution in [3.05, 3.63) is 46.8 Å². The second kappa shape index (κ2) is 9.61. The van der Waals surface area contributed by atoms with Crippen molar-refractivity contribution >= 4 is 38.2 Å². The maximum absolute atomic E-state index is 13.3. The predicted molar refractivity (Wildman–Crippen MR) is 135 cm³/mol. The molecule has 10 heteroatoms. The number of hydrogen-bond acceptors (Lipinski definition) is 7. The van der Waals surface area contributed by atoms with Crippen LogP contribution in [0.25, 0.3) is 0 Å². The summed E-state index contributed by atoms with van der Waals surface area (Å²) >= 11 is 1.19. The van der Waals surface area contributed by atoms with Gasteiger partial charge in [-0.3, -0.25) is 4.79 Å². The Morgan fingerprint density at radius 3 is 2.47 bits per heavy atom. The molecular weight excluding hydrogens is 498 g/mol. The molecule has 1 heterocycles. The first-order valence-corrected chi connectivity index (χ1v) is 14.6. The average Bonchev–Trinajstić information content (AvgIpc) is 3.28. The van der Waals surface area contributed by atoms with Gasteiger partial charge in [-0.15, -0.1) is 11.3 Å². The number of nitriles is 1. The number of nitrogens with zero attached hydrogens (tertiary/aromatic N) is 1. The first-order chi connectivity index (χ1) is 17.2. The standard InChI is InChI=1S/C26H29N3O5S2/c1-16(26-11-17-7-18(12-26)9-19(8-17)13-26)29-36(32,33)22-4-2-3-20(10-22)25(31)34-15-23(30)28-24-21(14-27)5-6-35-24/h2-6,10,16-19,29H,7-9,11-13,15H2,1H3,(H,28,30)/t16-,17?,18?,19?,26?/m1/s1. The third-order valence-corrected chi connectivity index (χ3v) is 10.5. The molecule has 1 amide bonds. The minimum Gasteiger partial charge on any atom is -0.452 e. The van der Waals surface area contributed by atoms with Gasteiger partial charge in [0.15, 0.2) is 6.61 Å². The number of benzene rings is 1. The molecule has 0 spiro atoms. The van der Waals surface area contributed by atoms with E-state index in [-0.39, 0.29) is 21.9 Å². The summed E-state index contributed by atoms with van der Waals surface area (Å²) in [4.78, 5) is 24.7. The first kappa shape index (κ1) is 24.9. The fraction of sp³-hybridized carbons (Fsp3) is 0.500. The Hall–Kier alpha value is -2.74. The molecule has 0 radical (unpaired) electrons. The van der Waals surface area contributed by atoms with Crippen molar-refractivity contribution in [3.63, 3.8) is 0 Å². The van der Waals surface area contributed by atoms with E-state index in [0.717, 1.165) is 19.3 Å². The smallest absolute Gasteiger partial charge is 0.338 e. The maximum atomic E-state index is 13.3. The van der Waals surface area contributed by atoms with Crippen LogP contribution in [0.2, 0.25) is 0 Å². The van der Waals surface area contributed by atoms with Crippen LogP contribution in [0.5, 0.6) is 0 Å². The lowest BCUT2D eigenvalue weighted by Crippen LogP contribution is -2.55. The van der Waals surface area contributed by atoms with Gasteiger partial charge < -0.3 is 10.1 Å². The number of ether oxygens (including phenoxy) is 1. The van der Waals surface area contributed by atoms with Crippen LogP contribution in [0, 0.1) is 34.5 Å². The number of esters is 1. The molecule has 1 aromatic carbocycles. The molecule has 4 fully saturated rings. The molecule has 4 bridgehead atoms. The minimum atomic E-state index is -3.85. The minimum absolute atomic E-state index is 0.00442. The van der Waals surface area contributed by atoms with Crippen LogP contribution in [0.3, 0.4) is 0 Å². The summed E-state index contributed by atoms with van der Waals surface area (Å²) in [5, 5.41) is 13.6. The predicted octanol–water partition coefficient (Wildman–Crippen LogP) is 4.30. The van der Waals surface area contributed by atoms with Crippen LogP contribution in [0.4, 0.5) is 5.00 Å². The van der Waals surface area contributed by atoms with Crippen LogP contribution >= 0.6 is 11.3 Å². The number of thiophene rings is 1. The van der Waals surface area contributed by atoms with Gasteiger partial charge in [0.05, 0.1) is 16.0 Å². The molecule has 0 saturated heterocycles. The molecule has 6 rings (SSSR count). The van der Waals surface area contributed by atoms with Gasteiger partial charge in [-0.1, -0.05) is 6.07 Å². The van der Waals surface area contributed by atoms with Crippen LogP contribution in [0.15, 0.2) is 40.6 Å². The summed E-state index contributed by atoms with van der Waals surface area (Å²) < 4.78 is 34.5. The number of amides is 1. The third kappa shape index (κ3) is 4.92. The second-order valence-electron chi connectivity index (χ2n) is 10.6. The van der Waals surface area contributed by atoms with Crippen molar-refractivity contribution in [3.8, 4) is 6.07 Å². The molecule has 190 valence electrons. The topological polar surface area (TPSA) is 125 Å². The van der Waals surface area contributed by atoms with E-state index < -0.39 is 28.5 Å². The van der Waals surface area contributed by atoms with Gasteiger partial charge >= 0.3 is 5.97 Å². The Kier molecular flexibility index (Phi) is 6.66. The lowest BCUT2D eigenvalue weighted by atomic mass is 9.48. The number of carbonyl (C=O) groups is 2. The summed E-state index contributed by atoms with van der Waals surface area (Å²) in [6, 6.07) is 9.04. The van der Waals surface area contributed by atoms with E-state index in [1.54, 1.807) is 11.4 Å². The van der Waals surface area contributed by atoms with Crippen molar-refractivity contribution in [1.29, 1.82) is 5.26 Å². The van der Waals surface area contributed by atoms with E-state index in [2.05, 4.69) is 10.0 Å². The summed E-state index contributed by atoms with van der Waals surface area (Å²) in [5.41, 5.74) is 0.384. The fourth-order valence-corrected chi connectivity index (χ4v) is 8.94. The van der Waals surface area contributed by atoms with Crippen LogP contribution in [-0.4, -0.2) is 32.9 Å². The van der Waals surface area contributed by atoms with Crippen molar-refractivity contribution in [1.82, 2.24) is 4.72 Å². The van der Waals surface area contributed by atoms with Crippen molar-refractivity contribution < 1.29 is 22.7 Å². The normalized spacial score (nSPS) is 27.3. The second-order valence-corrected chi connectivity index (χ2v) is 13.2. The molecule has 4 aliphatic carbocycles. The van der Waals surface area contributed by atoms with Gasteiger partial charge in [0.2, 0.25) is 10.0 Å². The van der Waals surface area contributed by atoms with Gasteiger partial charge in [-0.2, -0.15) is 5.26 Å². The Morgan fingerprint density at radius 2 is 1.83 bits per heavy atom. The largest absolute Gasteiger partial charge is 0.452 e. The van der Waals surface area contributed by atoms with E-state index in [0.29, 0.717) is 28.3 Å². The van der Waals surface area contributed by atoms with E-state index >= 15 is 0 Å². The number of hydrogen-bond donors (Lipinski definition) is 2. The van der Waals surface area contributed by atoms with E-state index in [1.165, 1.54) is 54.9 Å². The monoisotopic (exact) mass is 527 g/mol. The fourth-order valence-electron chi connectivity index (χ4n) is 6.80. The number of nitrogens with one attached hydrogen (secondary N) is 2. The molecule has 8 nitrogen and oxygen atoms in total. The zero-order valence-corrected chi connectivity index (χ0v) is 21.7. The molecule has 4 aliphatic rings. The molecule has 4 saturated carbocycles. The van der Waals surface area contributed by atoms with Crippen molar-refractivity contribution in [2.45, 2.75) is 56.4 Å². The molecule has 0 unspecified atom stereocenters. The highest BCUT2D eigenvalue weighted by atomic mass is 32.2. The zero-order chi connectivity index (χ0) is 25.5. The maximum Gasteiger partial charge on any atom is 0.338 e. The van der Waals surface area contributed by atoms with Gasteiger partial charge in [0.25, 0.3) is 5.91 Å². The molecular formula is C26H29N3O5S2. The van der Waals surface area contributed by atoms with Crippen molar-refractivity contribution in [2.75, 3.05) is 11.9 Å². The Balaban J connectivity index is 1.22. The SMILES string of the molecule is C[C@@H](NS(=O)(=O)c1cccc(C(=O)OCC(=O)Nc2sccc2C#N)c1)C12CC3CC(CC(C3)C1)C2. The molecule has 1 aromatic heterocycles. The third-order valence-electron chi connectivity index (χ3n) is 8.09. The van der Waals surface area contributed by atoms with Gasteiger partial charge in [-0.05, 0) is 98.3 Å². The Labute approximate surface area is 215 Å². The Bertz CT molecular complexity index is 1290. The average molecular weight is 528 g/mol. The quantitative estimate of drug-likeness (QED) is 0.493. The molecule has 1 atom stereocenters. The van der Waals surface area contributed by atoms with Gasteiger partial charge in [0.1, 0.15) is 11.1 Å². The first-order valence-electron chi connectivity index (χ1n) is 12.2. The number of anilines is 1. The summed E-state index contributed by atoms with van der Waals surface area (Å²) in [6.45, 7) is 1.42.